The zero-order valence-corrected chi connectivity index (χ0v) is 11.9. The molecule has 96 valence electrons. The summed E-state index contributed by atoms with van der Waals surface area (Å²) in [5.74, 6) is 1.17. The number of rotatable bonds is 8. The molecule has 0 atom stereocenters. The maximum atomic E-state index is 12.0. The number of hydrogen-bond donors (Lipinski definition) is 1. The minimum absolute atomic E-state index is 0.0180. The fourth-order valence-corrected chi connectivity index (χ4v) is 1.87. The molecule has 0 aliphatic carbocycles. The molecule has 0 rings (SSSR count). The van der Waals surface area contributed by atoms with E-state index in [4.69, 9.17) is 5.73 Å². The molecule has 0 aromatic heterocycles. The van der Waals surface area contributed by atoms with Gasteiger partial charge in [-0.15, -0.1) is 0 Å². The quantitative estimate of drug-likeness (QED) is 0.712. The van der Waals surface area contributed by atoms with Crippen LogP contribution in [-0.4, -0.2) is 42.4 Å². The van der Waals surface area contributed by atoms with Crippen molar-refractivity contribution in [2.24, 2.45) is 11.1 Å². The SMILES string of the molecule is CCCN(CC(C)(C)CN)C(=O)CCSC. The lowest BCUT2D eigenvalue weighted by Gasteiger charge is -2.31. The number of carbonyl (C=O) groups is 1. The van der Waals surface area contributed by atoms with Crippen molar-refractivity contribution < 1.29 is 4.79 Å². The van der Waals surface area contributed by atoms with E-state index in [-0.39, 0.29) is 11.3 Å². The van der Waals surface area contributed by atoms with Crippen LogP contribution in [0.15, 0.2) is 0 Å². The molecule has 0 unspecified atom stereocenters. The predicted octanol–water partition coefficient (Wildman–Crippen LogP) is 1.96. The van der Waals surface area contributed by atoms with Crippen molar-refractivity contribution in [1.82, 2.24) is 4.90 Å². The summed E-state index contributed by atoms with van der Waals surface area (Å²) in [4.78, 5) is 13.9. The van der Waals surface area contributed by atoms with Gasteiger partial charge in [0.15, 0.2) is 0 Å². The second-order valence-electron chi connectivity index (χ2n) is 4.93. The molecule has 3 nitrogen and oxygen atoms in total. The standard InChI is InChI=1S/C12H26N2OS/c1-5-7-14(10-12(2,3)9-13)11(15)6-8-16-4/h5-10,13H2,1-4H3. The number of nitrogens with two attached hydrogens (primary N) is 1. The molecule has 0 fully saturated rings. The lowest BCUT2D eigenvalue weighted by molar-refractivity contribution is -0.132. The smallest absolute Gasteiger partial charge is 0.223 e. The van der Waals surface area contributed by atoms with E-state index >= 15 is 0 Å². The maximum Gasteiger partial charge on any atom is 0.223 e. The van der Waals surface area contributed by atoms with Gasteiger partial charge < -0.3 is 10.6 Å². The van der Waals surface area contributed by atoms with Crippen LogP contribution in [0.4, 0.5) is 0 Å². The van der Waals surface area contributed by atoms with E-state index in [0.717, 1.165) is 25.3 Å². The Balaban J connectivity index is 4.30. The lowest BCUT2D eigenvalue weighted by atomic mass is 9.93. The number of carbonyl (C=O) groups excluding carboxylic acids is 1. The van der Waals surface area contributed by atoms with Gasteiger partial charge in [-0.05, 0) is 24.6 Å². The molecule has 1 amide bonds. The van der Waals surface area contributed by atoms with Gasteiger partial charge in [0, 0.05) is 25.3 Å². The van der Waals surface area contributed by atoms with E-state index in [2.05, 4.69) is 20.8 Å². The van der Waals surface area contributed by atoms with E-state index in [0.29, 0.717) is 13.0 Å². The van der Waals surface area contributed by atoms with Crippen LogP contribution < -0.4 is 5.73 Å². The average molecular weight is 246 g/mol. The molecular formula is C12H26N2OS. The van der Waals surface area contributed by atoms with Crippen LogP contribution in [0.1, 0.15) is 33.6 Å². The van der Waals surface area contributed by atoms with E-state index < -0.39 is 0 Å². The summed E-state index contributed by atoms with van der Waals surface area (Å²) in [5, 5.41) is 0. The molecule has 0 bridgehead atoms. The van der Waals surface area contributed by atoms with Crippen molar-refractivity contribution in [3.8, 4) is 0 Å². The van der Waals surface area contributed by atoms with E-state index in [1.165, 1.54) is 0 Å². The normalized spacial score (nSPS) is 11.6. The molecule has 0 spiro atoms. The van der Waals surface area contributed by atoms with E-state index in [1.807, 2.05) is 11.2 Å². The highest BCUT2D eigenvalue weighted by Crippen LogP contribution is 2.16. The second-order valence-corrected chi connectivity index (χ2v) is 5.91. The lowest BCUT2D eigenvalue weighted by Crippen LogP contribution is -2.42. The summed E-state index contributed by atoms with van der Waals surface area (Å²) in [7, 11) is 0. The third-order valence-corrected chi connectivity index (χ3v) is 3.15. The summed E-state index contributed by atoms with van der Waals surface area (Å²) in [6, 6.07) is 0. The fourth-order valence-electron chi connectivity index (χ4n) is 1.49. The second kappa shape index (κ2) is 7.96. The molecule has 0 aliphatic rings. The minimum atomic E-state index is 0.0180. The highest BCUT2D eigenvalue weighted by molar-refractivity contribution is 7.98. The maximum absolute atomic E-state index is 12.0. The molecule has 0 aromatic carbocycles. The highest BCUT2D eigenvalue weighted by atomic mass is 32.2. The first kappa shape index (κ1) is 15.8. The number of amides is 1. The molecule has 16 heavy (non-hydrogen) atoms. The monoisotopic (exact) mass is 246 g/mol. The Hall–Kier alpha value is -0.220. The first-order chi connectivity index (χ1) is 7.46. The Morgan fingerprint density at radius 1 is 1.44 bits per heavy atom. The van der Waals surface area contributed by atoms with Crippen molar-refractivity contribution in [3.63, 3.8) is 0 Å². The van der Waals surface area contributed by atoms with Gasteiger partial charge in [0.1, 0.15) is 0 Å². The largest absolute Gasteiger partial charge is 0.342 e. The van der Waals surface area contributed by atoms with Gasteiger partial charge >= 0.3 is 0 Å². The van der Waals surface area contributed by atoms with Gasteiger partial charge in [-0.1, -0.05) is 20.8 Å². The molecule has 2 N–H and O–H groups in total. The van der Waals surface area contributed by atoms with Gasteiger partial charge in [-0.3, -0.25) is 4.79 Å². The van der Waals surface area contributed by atoms with E-state index in [1.54, 1.807) is 11.8 Å². The van der Waals surface area contributed by atoms with Gasteiger partial charge in [0.2, 0.25) is 5.91 Å². The number of thioether (sulfide) groups is 1. The van der Waals surface area contributed by atoms with Crippen LogP contribution in [-0.2, 0) is 4.79 Å². The van der Waals surface area contributed by atoms with Gasteiger partial charge in [0.25, 0.3) is 0 Å². The zero-order valence-electron chi connectivity index (χ0n) is 11.1. The van der Waals surface area contributed by atoms with Crippen LogP contribution in [0.25, 0.3) is 0 Å². The van der Waals surface area contributed by atoms with Crippen molar-refractivity contribution >= 4 is 17.7 Å². The van der Waals surface area contributed by atoms with Crippen molar-refractivity contribution in [2.45, 2.75) is 33.6 Å². The fraction of sp³-hybridized carbons (Fsp3) is 0.917. The molecule has 0 aromatic rings. The Labute approximate surface area is 104 Å². The summed E-state index contributed by atoms with van der Waals surface area (Å²) < 4.78 is 0. The molecular weight excluding hydrogens is 220 g/mol. The summed E-state index contributed by atoms with van der Waals surface area (Å²) >= 11 is 1.72. The average Bonchev–Trinajstić information content (AvgIpc) is 2.25. The Morgan fingerprint density at radius 3 is 2.50 bits per heavy atom. The van der Waals surface area contributed by atoms with Crippen LogP contribution in [0.3, 0.4) is 0 Å². The van der Waals surface area contributed by atoms with Crippen LogP contribution in [0.5, 0.6) is 0 Å². The predicted molar refractivity (Wildman–Crippen MR) is 72.7 cm³/mol. The Kier molecular flexibility index (Phi) is 7.85. The van der Waals surface area contributed by atoms with Crippen molar-refractivity contribution in [1.29, 1.82) is 0 Å². The topological polar surface area (TPSA) is 46.3 Å². The third-order valence-electron chi connectivity index (χ3n) is 2.54. The van der Waals surface area contributed by atoms with Crippen LogP contribution >= 0.6 is 11.8 Å². The third kappa shape index (κ3) is 6.38. The molecule has 0 saturated carbocycles. The van der Waals surface area contributed by atoms with Gasteiger partial charge in [0.05, 0.1) is 0 Å². The highest BCUT2D eigenvalue weighted by Gasteiger charge is 2.22. The Morgan fingerprint density at radius 2 is 2.06 bits per heavy atom. The molecule has 0 saturated heterocycles. The van der Waals surface area contributed by atoms with Crippen LogP contribution in [0.2, 0.25) is 0 Å². The van der Waals surface area contributed by atoms with E-state index in [9.17, 15) is 4.79 Å². The first-order valence-electron chi connectivity index (χ1n) is 5.93. The molecule has 0 heterocycles. The molecule has 4 heteroatoms. The summed E-state index contributed by atoms with van der Waals surface area (Å²) in [5.41, 5.74) is 5.73. The number of nitrogens with zero attached hydrogens (tertiary/aromatic N) is 1. The molecule has 0 radical (unpaired) electrons. The summed E-state index contributed by atoms with van der Waals surface area (Å²) in [6.07, 6.45) is 3.68. The zero-order chi connectivity index (χ0) is 12.6. The van der Waals surface area contributed by atoms with Gasteiger partial charge in [-0.25, -0.2) is 0 Å². The van der Waals surface area contributed by atoms with Crippen molar-refractivity contribution in [3.05, 3.63) is 0 Å². The van der Waals surface area contributed by atoms with Crippen LogP contribution in [0, 0.1) is 5.41 Å². The minimum Gasteiger partial charge on any atom is -0.342 e. The summed E-state index contributed by atoms with van der Waals surface area (Å²) in [6.45, 7) is 8.55. The van der Waals surface area contributed by atoms with Crippen molar-refractivity contribution in [2.75, 3.05) is 31.6 Å². The Bertz CT molecular complexity index is 207. The number of hydrogen-bond acceptors (Lipinski definition) is 3. The van der Waals surface area contributed by atoms with Gasteiger partial charge in [-0.2, -0.15) is 11.8 Å². The first-order valence-corrected chi connectivity index (χ1v) is 7.33. The molecule has 0 aliphatic heterocycles.